The van der Waals surface area contributed by atoms with Gasteiger partial charge < -0.3 is 10.5 Å². The highest BCUT2D eigenvalue weighted by Crippen LogP contribution is 2.23. The Bertz CT molecular complexity index is 401. The second-order valence-corrected chi connectivity index (χ2v) is 4.48. The number of hydrogen-bond donors (Lipinski definition) is 1. The van der Waals surface area contributed by atoms with Gasteiger partial charge in [-0.3, -0.25) is 4.79 Å². The Balaban J connectivity index is 2.45. The van der Waals surface area contributed by atoms with Gasteiger partial charge in [0.15, 0.2) is 0 Å². The molecule has 0 amide bonds. The van der Waals surface area contributed by atoms with Crippen molar-refractivity contribution in [3.05, 3.63) is 29.8 Å². The molecule has 0 saturated heterocycles. The van der Waals surface area contributed by atoms with Crippen molar-refractivity contribution in [1.82, 2.24) is 0 Å². The zero-order valence-corrected chi connectivity index (χ0v) is 10.1. The zero-order valence-electron chi connectivity index (χ0n) is 9.28. The first kappa shape index (κ1) is 13.9. The average Bonchev–Trinajstić information content (AvgIpc) is 2.32. The number of methoxy groups -OCH3 is 1. The molecule has 0 spiro atoms. The molecule has 3 nitrogen and oxygen atoms in total. The third kappa shape index (κ3) is 4.32. The standard InChI is InChI=1S/C11H13F2NO2S/c1-16-11(15)9(14)4-5-17-10-6-7(12)2-3-8(10)13/h2-3,6,9H,4-5,14H2,1H3. The number of esters is 1. The first-order chi connectivity index (χ1) is 8.04. The molecule has 0 aliphatic rings. The average molecular weight is 261 g/mol. The quantitative estimate of drug-likeness (QED) is 0.650. The summed E-state index contributed by atoms with van der Waals surface area (Å²) in [6.45, 7) is 0. The van der Waals surface area contributed by atoms with Crippen molar-refractivity contribution >= 4 is 17.7 Å². The van der Waals surface area contributed by atoms with E-state index in [1.54, 1.807) is 0 Å². The molecule has 0 bridgehead atoms. The maximum Gasteiger partial charge on any atom is 0.322 e. The van der Waals surface area contributed by atoms with E-state index in [1.807, 2.05) is 0 Å². The Labute approximate surface area is 102 Å². The van der Waals surface area contributed by atoms with E-state index in [2.05, 4.69) is 4.74 Å². The van der Waals surface area contributed by atoms with Gasteiger partial charge in [0.2, 0.25) is 0 Å². The first-order valence-corrected chi connectivity index (χ1v) is 5.94. The van der Waals surface area contributed by atoms with Crippen molar-refractivity contribution in [2.24, 2.45) is 5.73 Å². The smallest absolute Gasteiger partial charge is 0.322 e. The fourth-order valence-electron chi connectivity index (χ4n) is 1.15. The summed E-state index contributed by atoms with van der Waals surface area (Å²) < 4.78 is 30.5. The second-order valence-electron chi connectivity index (χ2n) is 3.34. The van der Waals surface area contributed by atoms with Crippen LogP contribution in [0.15, 0.2) is 23.1 Å². The first-order valence-electron chi connectivity index (χ1n) is 4.96. The molecule has 0 aliphatic heterocycles. The Hall–Kier alpha value is -1.14. The van der Waals surface area contributed by atoms with Crippen LogP contribution in [0.4, 0.5) is 8.78 Å². The normalized spacial score (nSPS) is 12.2. The lowest BCUT2D eigenvalue weighted by Crippen LogP contribution is -2.31. The fourth-order valence-corrected chi connectivity index (χ4v) is 2.15. The minimum absolute atomic E-state index is 0.210. The van der Waals surface area contributed by atoms with Gasteiger partial charge in [-0.1, -0.05) is 0 Å². The molecule has 1 aromatic rings. The number of benzene rings is 1. The van der Waals surface area contributed by atoms with Crippen molar-refractivity contribution in [3.8, 4) is 0 Å². The molecule has 0 fully saturated rings. The molecule has 6 heteroatoms. The lowest BCUT2D eigenvalue weighted by Gasteiger charge is -2.08. The summed E-state index contributed by atoms with van der Waals surface area (Å²) in [5.74, 6) is -1.07. The summed E-state index contributed by atoms with van der Waals surface area (Å²) >= 11 is 1.11. The summed E-state index contributed by atoms with van der Waals surface area (Å²) in [6.07, 6.45) is 0.341. The molecule has 0 radical (unpaired) electrons. The minimum atomic E-state index is -0.732. The van der Waals surface area contributed by atoms with Crippen LogP contribution in [0.1, 0.15) is 6.42 Å². The van der Waals surface area contributed by atoms with Gasteiger partial charge in [0.05, 0.1) is 7.11 Å². The van der Waals surface area contributed by atoms with Gasteiger partial charge in [-0.2, -0.15) is 0 Å². The molecular formula is C11H13F2NO2S. The maximum absolute atomic E-state index is 13.2. The number of nitrogens with two attached hydrogens (primary N) is 1. The molecule has 2 N–H and O–H groups in total. The molecule has 1 atom stereocenters. The molecule has 0 heterocycles. The summed E-state index contributed by atoms with van der Waals surface area (Å²) in [5.41, 5.74) is 5.50. The van der Waals surface area contributed by atoms with Gasteiger partial charge in [-0.15, -0.1) is 11.8 Å². The monoisotopic (exact) mass is 261 g/mol. The Morgan fingerprint density at radius 2 is 2.24 bits per heavy atom. The van der Waals surface area contributed by atoms with Gasteiger partial charge in [-0.05, 0) is 24.6 Å². The highest BCUT2D eigenvalue weighted by molar-refractivity contribution is 7.99. The molecule has 0 saturated carbocycles. The number of carbonyl (C=O) groups is 1. The second kappa shape index (κ2) is 6.56. The van der Waals surface area contributed by atoms with E-state index in [9.17, 15) is 13.6 Å². The van der Waals surface area contributed by atoms with Crippen molar-refractivity contribution in [2.45, 2.75) is 17.4 Å². The fraction of sp³-hybridized carbons (Fsp3) is 0.364. The van der Waals surface area contributed by atoms with E-state index < -0.39 is 23.6 Å². The largest absolute Gasteiger partial charge is 0.468 e. The predicted molar refractivity (Wildman–Crippen MR) is 61.7 cm³/mol. The van der Waals surface area contributed by atoms with Crippen LogP contribution in [0.2, 0.25) is 0 Å². The van der Waals surface area contributed by atoms with Crippen molar-refractivity contribution in [3.63, 3.8) is 0 Å². The Morgan fingerprint density at radius 3 is 2.88 bits per heavy atom. The van der Waals surface area contributed by atoms with E-state index in [0.717, 1.165) is 30.0 Å². The van der Waals surface area contributed by atoms with Crippen LogP contribution in [0.3, 0.4) is 0 Å². The number of carbonyl (C=O) groups excluding carboxylic acids is 1. The topological polar surface area (TPSA) is 52.3 Å². The third-order valence-electron chi connectivity index (χ3n) is 2.08. The SMILES string of the molecule is COC(=O)C(N)CCSc1cc(F)ccc1F. The molecule has 94 valence electrons. The van der Waals surface area contributed by atoms with Crippen molar-refractivity contribution < 1.29 is 18.3 Å². The molecular weight excluding hydrogens is 248 g/mol. The van der Waals surface area contributed by atoms with Crippen LogP contribution in [-0.4, -0.2) is 24.9 Å². The van der Waals surface area contributed by atoms with Gasteiger partial charge in [0.1, 0.15) is 17.7 Å². The van der Waals surface area contributed by atoms with Crippen LogP contribution in [0.5, 0.6) is 0 Å². The van der Waals surface area contributed by atoms with Gasteiger partial charge >= 0.3 is 5.97 Å². The molecule has 17 heavy (non-hydrogen) atoms. The highest BCUT2D eigenvalue weighted by atomic mass is 32.2. The summed E-state index contributed by atoms with van der Waals surface area (Å²) in [5, 5.41) is 0. The lowest BCUT2D eigenvalue weighted by atomic mass is 10.2. The minimum Gasteiger partial charge on any atom is -0.468 e. The van der Waals surface area contributed by atoms with Crippen molar-refractivity contribution in [1.29, 1.82) is 0 Å². The Kier molecular flexibility index (Phi) is 5.37. The summed E-state index contributed by atoms with van der Waals surface area (Å²) in [4.78, 5) is 11.2. The maximum atomic E-state index is 13.2. The number of thioether (sulfide) groups is 1. The summed E-state index contributed by atoms with van der Waals surface area (Å²) in [6, 6.07) is 2.50. The number of rotatable bonds is 5. The van der Waals surface area contributed by atoms with Crippen LogP contribution in [0.25, 0.3) is 0 Å². The molecule has 0 aliphatic carbocycles. The molecule has 0 aromatic heterocycles. The highest BCUT2D eigenvalue weighted by Gasteiger charge is 2.13. The van der Waals surface area contributed by atoms with Gasteiger partial charge in [0, 0.05) is 10.6 Å². The molecule has 1 unspecified atom stereocenters. The van der Waals surface area contributed by atoms with E-state index in [4.69, 9.17) is 5.73 Å². The molecule has 1 aromatic carbocycles. The third-order valence-corrected chi connectivity index (χ3v) is 3.15. The van der Waals surface area contributed by atoms with E-state index in [0.29, 0.717) is 12.2 Å². The van der Waals surface area contributed by atoms with E-state index in [-0.39, 0.29) is 4.90 Å². The van der Waals surface area contributed by atoms with Crippen LogP contribution >= 0.6 is 11.8 Å². The lowest BCUT2D eigenvalue weighted by molar-refractivity contribution is -0.142. The Morgan fingerprint density at radius 1 is 1.53 bits per heavy atom. The van der Waals surface area contributed by atoms with Gasteiger partial charge in [0.25, 0.3) is 0 Å². The molecule has 1 rings (SSSR count). The number of ether oxygens (including phenoxy) is 1. The zero-order chi connectivity index (χ0) is 12.8. The van der Waals surface area contributed by atoms with Crippen LogP contribution in [0, 0.1) is 11.6 Å². The van der Waals surface area contributed by atoms with Gasteiger partial charge in [-0.25, -0.2) is 8.78 Å². The predicted octanol–water partition coefficient (Wildman–Crippen LogP) is 1.95. The van der Waals surface area contributed by atoms with Crippen LogP contribution < -0.4 is 5.73 Å². The van der Waals surface area contributed by atoms with Crippen LogP contribution in [-0.2, 0) is 9.53 Å². The van der Waals surface area contributed by atoms with E-state index >= 15 is 0 Å². The van der Waals surface area contributed by atoms with E-state index in [1.165, 1.54) is 7.11 Å². The number of halogens is 2. The van der Waals surface area contributed by atoms with Crippen molar-refractivity contribution in [2.75, 3.05) is 12.9 Å². The number of hydrogen-bond acceptors (Lipinski definition) is 4. The summed E-state index contributed by atoms with van der Waals surface area (Å²) in [7, 11) is 1.25.